The van der Waals surface area contributed by atoms with Gasteiger partial charge >= 0.3 is 0 Å². The number of ether oxygens (including phenoxy) is 2. The molecule has 0 aliphatic carbocycles. The highest BCUT2D eigenvalue weighted by Crippen LogP contribution is 2.32. The second kappa shape index (κ2) is 7.95. The maximum Gasteiger partial charge on any atom is 0.270 e. The maximum atomic E-state index is 13.4. The third-order valence-corrected chi connectivity index (χ3v) is 4.97. The van der Waals surface area contributed by atoms with E-state index in [1.54, 1.807) is 18.2 Å². The molecule has 1 aliphatic rings. The fourth-order valence-corrected chi connectivity index (χ4v) is 3.40. The molecule has 4 aromatic rings. The van der Waals surface area contributed by atoms with Crippen LogP contribution in [0.4, 0.5) is 4.39 Å². The summed E-state index contributed by atoms with van der Waals surface area (Å²) in [6.45, 7) is 0.509. The van der Waals surface area contributed by atoms with Crippen molar-refractivity contribution in [1.82, 2.24) is 15.1 Å². The lowest BCUT2D eigenvalue weighted by atomic mass is 10.1. The first-order valence-corrected chi connectivity index (χ1v) is 9.75. The molecule has 5 rings (SSSR count). The molecule has 0 spiro atoms. The number of amides is 1. The van der Waals surface area contributed by atoms with E-state index in [2.05, 4.69) is 10.4 Å². The van der Waals surface area contributed by atoms with Crippen LogP contribution in [0.15, 0.2) is 78.9 Å². The zero-order valence-electron chi connectivity index (χ0n) is 16.4. The van der Waals surface area contributed by atoms with Crippen LogP contribution in [-0.4, -0.2) is 22.5 Å². The predicted octanol–water partition coefficient (Wildman–Crippen LogP) is 4.34. The molecule has 0 saturated carbocycles. The summed E-state index contributed by atoms with van der Waals surface area (Å²) in [5.41, 5.74) is 3.36. The molecule has 2 heterocycles. The van der Waals surface area contributed by atoms with Crippen molar-refractivity contribution in [2.45, 2.75) is 6.54 Å². The largest absolute Gasteiger partial charge is 0.454 e. The molecule has 3 aromatic carbocycles. The fourth-order valence-electron chi connectivity index (χ4n) is 3.40. The number of nitrogens with zero attached hydrogens (tertiary/aromatic N) is 2. The van der Waals surface area contributed by atoms with Crippen LogP contribution < -0.4 is 14.8 Å². The summed E-state index contributed by atoms with van der Waals surface area (Å²) in [7, 11) is 0. The van der Waals surface area contributed by atoms with Crippen LogP contribution in [0.3, 0.4) is 0 Å². The minimum absolute atomic E-state index is 0.199. The lowest BCUT2D eigenvalue weighted by Crippen LogP contribution is -2.25. The summed E-state index contributed by atoms with van der Waals surface area (Å²) >= 11 is 0. The van der Waals surface area contributed by atoms with Gasteiger partial charge in [-0.3, -0.25) is 4.79 Å². The zero-order valence-corrected chi connectivity index (χ0v) is 16.4. The average molecular weight is 415 g/mol. The van der Waals surface area contributed by atoms with Gasteiger partial charge < -0.3 is 14.8 Å². The molecule has 154 valence electrons. The van der Waals surface area contributed by atoms with Gasteiger partial charge in [0.1, 0.15) is 11.5 Å². The number of carbonyl (C=O) groups is 1. The number of hydrogen-bond acceptors (Lipinski definition) is 4. The van der Waals surface area contributed by atoms with Gasteiger partial charge in [0, 0.05) is 12.1 Å². The first-order valence-electron chi connectivity index (χ1n) is 9.75. The lowest BCUT2D eigenvalue weighted by molar-refractivity contribution is 0.0943. The Hall–Kier alpha value is -4.13. The number of benzene rings is 3. The molecule has 7 heteroatoms. The van der Waals surface area contributed by atoms with Crippen LogP contribution in [0.1, 0.15) is 16.1 Å². The normalized spacial score (nSPS) is 12.0. The summed E-state index contributed by atoms with van der Waals surface area (Å²) in [6.07, 6.45) is 0. The number of hydrogen-bond donors (Lipinski definition) is 1. The van der Waals surface area contributed by atoms with Gasteiger partial charge in [-0.15, -0.1) is 0 Å². The Morgan fingerprint density at radius 1 is 0.968 bits per heavy atom. The third kappa shape index (κ3) is 3.85. The summed E-state index contributed by atoms with van der Waals surface area (Å²) in [5, 5.41) is 7.52. The molecule has 0 bridgehead atoms. The highest BCUT2D eigenvalue weighted by Gasteiger charge is 2.18. The van der Waals surface area contributed by atoms with Gasteiger partial charge in [-0.25, -0.2) is 9.07 Å². The Bertz CT molecular complexity index is 1240. The molecule has 0 radical (unpaired) electrons. The Kier molecular flexibility index (Phi) is 4.84. The van der Waals surface area contributed by atoms with E-state index in [1.165, 1.54) is 16.8 Å². The highest BCUT2D eigenvalue weighted by molar-refractivity contribution is 5.94. The maximum absolute atomic E-state index is 13.4. The number of rotatable bonds is 5. The quantitative estimate of drug-likeness (QED) is 0.527. The Morgan fingerprint density at radius 2 is 1.74 bits per heavy atom. The van der Waals surface area contributed by atoms with Gasteiger partial charge in [0.05, 0.1) is 11.4 Å². The molecule has 1 aliphatic heterocycles. The minimum atomic E-state index is -0.354. The number of halogens is 1. The van der Waals surface area contributed by atoms with Gasteiger partial charge in [-0.1, -0.05) is 36.4 Å². The van der Waals surface area contributed by atoms with Gasteiger partial charge in [-0.05, 0) is 48.0 Å². The number of nitrogens with one attached hydrogen (secondary N) is 1. The van der Waals surface area contributed by atoms with E-state index in [9.17, 15) is 9.18 Å². The third-order valence-electron chi connectivity index (χ3n) is 4.97. The Morgan fingerprint density at radius 3 is 2.55 bits per heavy atom. The van der Waals surface area contributed by atoms with Crippen LogP contribution in [0, 0.1) is 5.82 Å². The van der Waals surface area contributed by atoms with Gasteiger partial charge in [0.2, 0.25) is 6.79 Å². The van der Waals surface area contributed by atoms with Crippen LogP contribution in [0.2, 0.25) is 0 Å². The lowest BCUT2D eigenvalue weighted by Gasteiger charge is -2.09. The first kappa shape index (κ1) is 18.9. The van der Waals surface area contributed by atoms with E-state index < -0.39 is 0 Å². The van der Waals surface area contributed by atoms with E-state index in [1.807, 2.05) is 48.5 Å². The van der Waals surface area contributed by atoms with E-state index in [0.29, 0.717) is 35.1 Å². The predicted molar refractivity (Wildman–Crippen MR) is 113 cm³/mol. The van der Waals surface area contributed by atoms with Crippen molar-refractivity contribution in [3.8, 4) is 28.4 Å². The van der Waals surface area contributed by atoms with E-state index in [4.69, 9.17) is 9.47 Å². The van der Waals surface area contributed by atoms with E-state index >= 15 is 0 Å². The van der Waals surface area contributed by atoms with E-state index in [-0.39, 0.29) is 18.5 Å². The topological polar surface area (TPSA) is 65.4 Å². The van der Waals surface area contributed by atoms with Gasteiger partial charge in [0.25, 0.3) is 5.91 Å². The highest BCUT2D eigenvalue weighted by atomic mass is 19.1. The van der Waals surface area contributed by atoms with Crippen molar-refractivity contribution in [2.24, 2.45) is 0 Å². The standard InChI is InChI=1S/C24H18FN3O3/c25-18-7-9-19(10-8-18)28-21(13-20(27-28)17-4-2-1-3-5-17)24(29)26-14-16-6-11-22-23(12-16)31-15-30-22/h1-13H,14-15H2,(H,26,29). The Labute approximate surface area is 177 Å². The monoisotopic (exact) mass is 415 g/mol. The van der Waals surface area contributed by atoms with Crippen LogP contribution in [0.25, 0.3) is 16.9 Å². The fraction of sp³-hybridized carbons (Fsp3) is 0.0833. The molecule has 31 heavy (non-hydrogen) atoms. The molecule has 0 fully saturated rings. The van der Waals surface area contributed by atoms with E-state index in [0.717, 1.165) is 11.1 Å². The molecule has 6 nitrogen and oxygen atoms in total. The number of carbonyl (C=O) groups excluding carboxylic acids is 1. The second-order valence-corrected chi connectivity index (χ2v) is 7.04. The van der Waals surface area contributed by atoms with Crippen LogP contribution >= 0.6 is 0 Å². The van der Waals surface area contributed by atoms with Crippen LogP contribution in [-0.2, 0) is 6.54 Å². The van der Waals surface area contributed by atoms with Crippen molar-refractivity contribution in [3.63, 3.8) is 0 Å². The molecule has 0 atom stereocenters. The zero-order chi connectivity index (χ0) is 21.2. The summed E-state index contributed by atoms with van der Waals surface area (Å²) in [4.78, 5) is 13.1. The van der Waals surface area contributed by atoms with Crippen molar-refractivity contribution < 1.29 is 18.7 Å². The molecule has 0 unspecified atom stereocenters. The van der Waals surface area contributed by atoms with Gasteiger partial charge in [-0.2, -0.15) is 5.10 Å². The molecule has 1 aromatic heterocycles. The summed E-state index contributed by atoms with van der Waals surface area (Å²) in [6, 6.07) is 22.7. The average Bonchev–Trinajstić information content (AvgIpc) is 3.46. The van der Waals surface area contributed by atoms with Crippen molar-refractivity contribution >= 4 is 5.91 Å². The SMILES string of the molecule is O=C(NCc1ccc2c(c1)OCO2)c1cc(-c2ccccc2)nn1-c1ccc(F)cc1. The minimum Gasteiger partial charge on any atom is -0.454 e. The molecular weight excluding hydrogens is 397 g/mol. The first-order chi connectivity index (χ1) is 15.2. The molecule has 1 amide bonds. The summed E-state index contributed by atoms with van der Waals surface area (Å²) < 4.78 is 25.6. The van der Waals surface area contributed by atoms with Crippen LogP contribution in [0.5, 0.6) is 11.5 Å². The van der Waals surface area contributed by atoms with Crippen molar-refractivity contribution in [2.75, 3.05) is 6.79 Å². The smallest absolute Gasteiger partial charge is 0.270 e. The molecule has 0 saturated heterocycles. The number of aromatic nitrogens is 2. The summed E-state index contributed by atoms with van der Waals surface area (Å²) in [5.74, 6) is 0.705. The second-order valence-electron chi connectivity index (χ2n) is 7.04. The molecular formula is C24H18FN3O3. The van der Waals surface area contributed by atoms with Crippen molar-refractivity contribution in [1.29, 1.82) is 0 Å². The number of fused-ring (bicyclic) bond motifs is 1. The van der Waals surface area contributed by atoms with Gasteiger partial charge in [0.15, 0.2) is 11.5 Å². The Balaban J connectivity index is 1.44. The molecule has 1 N–H and O–H groups in total. The van der Waals surface area contributed by atoms with Crippen molar-refractivity contribution in [3.05, 3.63) is 95.9 Å².